The molecule has 5 heteroatoms. The van der Waals surface area contributed by atoms with Crippen LogP contribution in [-0.2, 0) is 17.8 Å². The Morgan fingerprint density at radius 1 is 1.46 bits per heavy atom. The maximum absolute atomic E-state index is 11.5. The van der Waals surface area contributed by atoms with Crippen LogP contribution >= 0.6 is 11.3 Å². The topological polar surface area (TPSA) is 54.3 Å². The zero-order valence-corrected chi connectivity index (χ0v) is 15.0. The predicted molar refractivity (Wildman–Crippen MR) is 101 cm³/mol. The van der Waals surface area contributed by atoms with Gasteiger partial charge >= 0.3 is 0 Å². The zero-order valence-electron chi connectivity index (χ0n) is 14.2. The molecule has 0 aromatic carbocycles. The number of thiophene rings is 1. The molecule has 3 rings (SSSR count). The summed E-state index contributed by atoms with van der Waals surface area (Å²) >= 11 is 1.64. The van der Waals surface area contributed by atoms with Crippen LogP contribution in [0.3, 0.4) is 0 Å². The summed E-state index contributed by atoms with van der Waals surface area (Å²) < 4.78 is 5.98. The van der Waals surface area contributed by atoms with E-state index >= 15 is 0 Å². The van der Waals surface area contributed by atoms with Crippen LogP contribution < -0.4 is 10.6 Å². The SMILES string of the molecule is C#C.C/C=C\c1cc(-c2c(NC(C)=O)sc3c2CCNC3)oc1C. The van der Waals surface area contributed by atoms with Crippen molar-refractivity contribution in [1.82, 2.24) is 5.32 Å². The van der Waals surface area contributed by atoms with Crippen LogP contribution in [0.15, 0.2) is 16.6 Å². The molecule has 0 fully saturated rings. The molecule has 3 heterocycles. The van der Waals surface area contributed by atoms with E-state index in [1.807, 2.05) is 26.0 Å². The number of carbonyl (C=O) groups excluding carboxylic acids is 1. The second-order valence-electron chi connectivity index (χ2n) is 5.44. The lowest BCUT2D eigenvalue weighted by molar-refractivity contribution is -0.114. The van der Waals surface area contributed by atoms with Crippen LogP contribution in [0, 0.1) is 19.8 Å². The fourth-order valence-corrected chi connectivity index (χ4v) is 4.08. The van der Waals surface area contributed by atoms with Crippen molar-refractivity contribution < 1.29 is 9.21 Å². The summed E-state index contributed by atoms with van der Waals surface area (Å²) in [5.74, 6) is 1.69. The summed E-state index contributed by atoms with van der Waals surface area (Å²) in [6.45, 7) is 7.31. The lowest BCUT2D eigenvalue weighted by Crippen LogP contribution is -2.22. The van der Waals surface area contributed by atoms with Gasteiger partial charge in [0.05, 0.1) is 5.56 Å². The van der Waals surface area contributed by atoms with E-state index in [9.17, 15) is 4.79 Å². The van der Waals surface area contributed by atoms with E-state index in [1.165, 1.54) is 10.4 Å². The molecule has 0 radical (unpaired) electrons. The molecule has 0 unspecified atom stereocenters. The number of fused-ring (bicyclic) bond motifs is 1. The van der Waals surface area contributed by atoms with E-state index in [0.717, 1.165) is 47.2 Å². The number of nitrogens with one attached hydrogen (secondary N) is 2. The molecule has 0 atom stereocenters. The van der Waals surface area contributed by atoms with Gasteiger partial charge in [0.15, 0.2) is 0 Å². The monoisotopic (exact) mass is 342 g/mol. The lowest BCUT2D eigenvalue weighted by atomic mass is 10.0. The first-order valence-electron chi connectivity index (χ1n) is 7.79. The Labute approximate surface area is 147 Å². The van der Waals surface area contributed by atoms with Crippen molar-refractivity contribution >= 4 is 28.3 Å². The third-order valence-corrected chi connectivity index (χ3v) is 4.91. The van der Waals surface area contributed by atoms with E-state index in [2.05, 4.69) is 29.5 Å². The number of amides is 1. The van der Waals surface area contributed by atoms with Gasteiger partial charge in [-0.05, 0) is 38.4 Å². The van der Waals surface area contributed by atoms with Crippen molar-refractivity contribution in [3.8, 4) is 24.2 Å². The Kier molecular flexibility index (Phi) is 6.02. The fraction of sp³-hybridized carbons (Fsp3) is 0.316. The lowest BCUT2D eigenvalue weighted by Gasteiger charge is -2.13. The minimum absolute atomic E-state index is 0.0511. The Morgan fingerprint density at radius 3 is 2.88 bits per heavy atom. The molecule has 126 valence electrons. The molecule has 24 heavy (non-hydrogen) atoms. The average molecular weight is 342 g/mol. The third-order valence-electron chi connectivity index (χ3n) is 3.77. The molecule has 2 aromatic rings. The van der Waals surface area contributed by atoms with Gasteiger partial charge in [0, 0.05) is 23.9 Å². The molecule has 0 saturated carbocycles. The fourth-order valence-electron chi connectivity index (χ4n) is 2.81. The van der Waals surface area contributed by atoms with Crippen molar-refractivity contribution in [2.45, 2.75) is 33.7 Å². The number of aryl methyl sites for hydroxylation is 1. The highest BCUT2D eigenvalue weighted by Crippen LogP contribution is 2.43. The van der Waals surface area contributed by atoms with Gasteiger partial charge in [-0.25, -0.2) is 0 Å². The van der Waals surface area contributed by atoms with E-state index < -0.39 is 0 Å². The molecule has 1 aliphatic heterocycles. The molecule has 0 spiro atoms. The average Bonchev–Trinajstić information content (AvgIpc) is 3.09. The molecule has 2 N–H and O–H groups in total. The highest BCUT2D eigenvalue weighted by atomic mass is 32.1. The standard InChI is InChI=1S/C17H20N2O2S.C2H2/c1-4-5-12-8-14(21-10(12)2)16-13-6-7-18-9-15(13)22-17(16)19-11(3)20;1-2/h4-5,8,18H,6-7,9H2,1-3H3,(H,19,20);1-2H/b5-4-;. The Morgan fingerprint density at radius 2 is 2.21 bits per heavy atom. The van der Waals surface area contributed by atoms with E-state index in [1.54, 1.807) is 18.3 Å². The Bertz CT molecular complexity index is 781. The summed E-state index contributed by atoms with van der Waals surface area (Å²) in [6.07, 6.45) is 13.0. The number of terminal acetylenes is 1. The molecular weight excluding hydrogens is 320 g/mol. The maximum atomic E-state index is 11.5. The first kappa shape index (κ1) is 18.1. The molecular formula is C19H22N2O2S. The van der Waals surface area contributed by atoms with Gasteiger partial charge in [0.2, 0.25) is 5.91 Å². The maximum Gasteiger partial charge on any atom is 0.221 e. The molecule has 1 amide bonds. The summed E-state index contributed by atoms with van der Waals surface area (Å²) in [5, 5.41) is 7.23. The van der Waals surface area contributed by atoms with Crippen molar-refractivity contribution in [3.63, 3.8) is 0 Å². The zero-order chi connectivity index (χ0) is 17.7. The van der Waals surface area contributed by atoms with E-state index in [-0.39, 0.29) is 5.91 Å². The van der Waals surface area contributed by atoms with Crippen molar-refractivity contribution in [1.29, 1.82) is 0 Å². The van der Waals surface area contributed by atoms with Crippen LogP contribution in [0.1, 0.15) is 35.6 Å². The minimum Gasteiger partial charge on any atom is -0.461 e. The molecule has 2 aromatic heterocycles. The van der Waals surface area contributed by atoms with Gasteiger partial charge in [-0.1, -0.05) is 12.2 Å². The molecule has 0 saturated heterocycles. The smallest absolute Gasteiger partial charge is 0.221 e. The van der Waals surface area contributed by atoms with Gasteiger partial charge in [-0.2, -0.15) is 0 Å². The van der Waals surface area contributed by atoms with Crippen LogP contribution in [0.4, 0.5) is 5.00 Å². The third kappa shape index (κ3) is 3.61. The van der Waals surface area contributed by atoms with Crippen LogP contribution in [-0.4, -0.2) is 12.5 Å². The van der Waals surface area contributed by atoms with Gasteiger partial charge in [-0.15, -0.1) is 24.2 Å². The second-order valence-corrected chi connectivity index (χ2v) is 6.54. The highest BCUT2D eigenvalue weighted by Gasteiger charge is 2.24. The van der Waals surface area contributed by atoms with Crippen molar-refractivity contribution in [2.24, 2.45) is 0 Å². The minimum atomic E-state index is -0.0511. The van der Waals surface area contributed by atoms with Gasteiger partial charge in [0.1, 0.15) is 16.5 Å². The molecule has 1 aliphatic rings. The highest BCUT2D eigenvalue weighted by molar-refractivity contribution is 7.17. The number of anilines is 1. The molecule has 4 nitrogen and oxygen atoms in total. The number of furan rings is 1. The Hall–Kier alpha value is -2.29. The number of rotatable bonds is 3. The molecule has 0 aliphatic carbocycles. The summed E-state index contributed by atoms with van der Waals surface area (Å²) in [5.41, 5.74) is 3.43. The first-order valence-corrected chi connectivity index (χ1v) is 8.61. The Balaban J connectivity index is 0.00000100. The predicted octanol–water partition coefficient (Wildman–Crippen LogP) is 4.20. The van der Waals surface area contributed by atoms with E-state index in [0.29, 0.717) is 0 Å². The van der Waals surface area contributed by atoms with E-state index in [4.69, 9.17) is 4.42 Å². The summed E-state index contributed by atoms with van der Waals surface area (Å²) in [7, 11) is 0. The summed E-state index contributed by atoms with van der Waals surface area (Å²) in [6, 6.07) is 2.06. The largest absolute Gasteiger partial charge is 0.461 e. The summed E-state index contributed by atoms with van der Waals surface area (Å²) in [4.78, 5) is 12.8. The van der Waals surface area contributed by atoms with Crippen LogP contribution in [0.25, 0.3) is 17.4 Å². The number of carbonyl (C=O) groups is 1. The van der Waals surface area contributed by atoms with Crippen molar-refractivity contribution in [3.05, 3.63) is 33.9 Å². The van der Waals surface area contributed by atoms with Gasteiger partial charge < -0.3 is 15.1 Å². The van der Waals surface area contributed by atoms with Crippen LogP contribution in [0.5, 0.6) is 0 Å². The second kappa shape index (κ2) is 8.00. The van der Waals surface area contributed by atoms with Crippen LogP contribution in [0.2, 0.25) is 0 Å². The van der Waals surface area contributed by atoms with Crippen molar-refractivity contribution in [2.75, 3.05) is 11.9 Å². The van der Waals surface area contributed by atoms with Gasteiger partial charge in [0.25, 0.3) is 0 Å². The van der Waals surface area contributed by atoms with Gasteiger partial charge in [-0.3, -0.25) is 4.79 Å². The first-order chi connectivity index (χ1) is 11.6. The number of hydrogen-bond acceptors (Lipinski definition) is 4. The molecule has 0 bridgehead atoms. The number of allylic oxidation sites excluding steroid dienone is 1. The number of hydrogen-bond donors (Lipinski definition) is 2. The normalized spacial score (nSPS) is 13.2. The quantitative estimate of drug-likeness (QED) is 0.822.